The van der Waals surface area contributed by atoms with Crippen LogP contribution in [0.15, 0.2) is 24.3 Å². The van der Waals surface area contributed by atoms with Crippen LogP contribution in [0.5, 0.6) is 0 Å². The lowest BCUT2D eigenvalue weighted by Crippen LogP contribution is -2.00. The Morgan fingerprint density at radius 3 is 2.91 bits per heavy atom. The van der Waals surface area contributed by atoms with Crippen molar-refractivity contribution in [3.05, 3.63) is 35.4 Å². The fourth-order valence-electron chi connectivity index (χ4n) is 1.34. The van der Waals surface area contributed by atoms with E-state index in [-0.39, 0.29) is 0 Å². The lowest BCUT2D eigenvalue weighted by atomic mass is 10.1. The third-order valence-corrected chi connectivity index (χ3v) is 2.71. The van der Waals surface area contributed by atoms with Crippen LogP contribution >= 0.6 is 11.9 Å². The van der Waals surface area contributed by atoms with Crippen molar-refractivity contribution in [2.75, 3.05) is 5.75 Å². The Labute approximate surface area is 71.3 Å². The molecule has 1 N–H and O–H groups in total. The molecule has 2 heteroatoms. The fourth-order valence-corrected chi connectivity index (χ4v) is 2.06. The van der Waals surface area contributed by atoms with Crippen LogP contribution in [0.2, 0.25) is 0 Å². The minimum absolute atomic E-state index is 1.01. The maximum atomic E-state index is 3.32. The highest BCUT2D eigenvalue weighted by Gasteiger charge is 2.04. The molecule has 1 heterocycles. The summed E-state index contributed by atoms with van der Waals surface area (Å²) in [6, 6.07) is 8.66. The Morgan fingerprint density at radius 1 is 1.18 bits per heavy atom. The van der Waals surface area contributed by atoms with E-state index >= 15 is 0 Å². The summed E-state index contributed by atoms with van der Waals surface area (Å²) in [5.41, 5.74) is 2.96. The largest absolute Gasteiger partial charge is 0.260 e. The highest BCUT2D eigenvalue weighted by atomic mass is 32.2. The normalized spacial score (nSPS) is 17.1. The molecule has 0 amide bonds. The van der Waals surface area contributed by atoms with Gasteiger partial charge in [0.25, 0.3) is 0 Å². The van der Waals surface area contributed by atoms with Gasteiger partial charge in [0.05, 0.1) is 0 Å². The van der Waals surface area contributed by atoms with Crippen molar-refractivity contribution in [2.24, 2.45) is 0 Å². The molecule has 11 heavy (non-hydrogen) atoms. The Bertz CT molecular complexity index is 222. The van der Waals surface area contributed by atoms with Crippen molar-refractivity contribution in [3.8, 4) is 0 Å². The SMILES string of the molecule is c1ccc2c(c1)CCSNC2. The molecule has 0 saturated carbocycles. The molecular formula is C9H11NS. The first-order chi connectivity index (χ1) is 5.47. The maximum absolute atomic E-state index is 3.32. The minimum Gasteiger partial charge on any atom is -0.260 e. The van der Waals surface area contributed by atoms with Gasteiger partial charge in [-0.3, -0.25) is 4.72 Å². The highest BCUT2D eigenvalue weighted by molar-refractivity contribution is 7.97. The maximum Gasteiger partial charge on any atom is 0.0312 e. The molecule has 0 unspecified atom stereocenters. The number of aryl methyl sites for hydroxylation is 1. The number of nitrogens with one attached hydrogen (secondary N) is 1. The molecule has 0 atom stereocenters. The molecule has 0 aromatic heterocycles. The summed E-state index contributed by atoms with van der Waals surface area (Å²) in [6.07, 6.45) is 1.20. The molecule has 0 spiro atoms. The second kappa shape index (κ2) is 3.28. The van der Waals surface area contributed by atoms with Gasteiger partial charge in [0.1, 0.15) is 0 Å². The average Bonchev–Trinajstić information content (AvgIpc) is 2.28. The fraction of sp³-hybridized carbons (Fsp3) is 0.333. The molecule has 1 aromatic carbocycles. The molecule has 1 aliphatic heterocycles. The van der Waals surface area contributed by atoms with Crippen LogP contribution < -0.4 is 4.72 Å². The van der Waals surface area contributed by atoms with Crippen molar-refractivity contribution in [2.45, 2.75) is 13.0 Å². The van der Waals surface area contributed by atoms with Crippen LogP contribution in [0.25, 0.3) is 0 Å². The van der Waals surface area contributed by atoms with E-state index in [1.807, 2.05) is 11.9 Å². The van der Waals surface area contributed by atoms with Crippen molar-refractivity contribution in [1.82, 2.24) is 4.72 Å². The van der Waals surface area contributed by atoms with Gasteiger partial charge in [-0.25, -0.2) is 0 Å². The Kier molecular flexibility index (Phi) is 2.15. The molecule has 0 bridgehead atoms. The van der Waals surface area contributed by atoms with Crippen LogP contribution in [0, 0.1) is 0 Å². The van der Waals surface area contributed by atoms with Gasteiger partial charge in [-0.15, -0.1) is 0 Å². The van der Waals surface area contributed by atoms with E-state index < -0.39 is 0 Å². The smallest absolute Gasteiger partial charge is 0.0312 e. The molecule has 1 aromatic rings. The average molecular weight is 165 g/mol. The molecule has 0 aliphatic carbocycles. The van der Waals surface area contributed by atoms with Crippen molar-refractivity contribution >= 4 is 11.9 Å². The lowest BCUT2D eigenvalue weighted by molar-refractivity contribution is 0.969. The minimum atomic E-state index is 1.01. The highest BCUT2D eigenvalue weighted by Crippen LogP contribution is 2.15. The molecule has 0 radical (unpaired) electrons. The molecule has 2 rings (SSSR count). The van der Waals surface area contributed by atoms with Gasteiger partial charge in [0, 0.05) is 12.3 Å². The van der Waals surface area contributed by atoms with Crippen LogP contribution in [0.1, 0.15) is 11.1 Å². The Balaban J connectivity index is 2.33. The topological polar surface area (TPSA) is 12.0 Å². The van der Waals surface area contributed by atoms with E-state index in [0.717, 1.165) is 6.54 Å². The summed E-state index contributed by atoms with van der Waals surface area (Å²) in [5, 5.41) is 0. The van der Waals surface area contributed by atoms with Gasteiger partial charge in [0.2, 0.25) is 0 Å². The zero-order valence-corrected chi connectivity index (χ0v) is 7.16. The van der Waals surface area contributed by atoms with E-state index in [1.165, 1.54) is 23.3 Å². The number of rotatable bonds is 0. The third kappa shape index (κ3) is 1.57. The number of fused-ring (bicyclic) bond motifs is 1. The second-order valence-electron chi connectivity index (χ2n) is 2.69. The van der Waals surface area contributed by atoms with Crippen LogP contribution in [0.4, 0.5) is 0 Å². The molecule has 1 nitrogen and oxygen atoms in total. The number of benzene rings is 1. The van der Waals surface area contributed by atoms with E-state index in [4.69, 9.17) is 0 Å². The summed E-state index contributed by atoms with van der Waals surface area (Å²) in [5.74, 6) is 1.19. The van der Waals surface area contributed by atoms with E-state index in [0.29, 0.717) is 0 Å². The third-order valence-electron chi connectivity index (χ3n) is 1.96. The Hall–Kier alpha value is -0.470. The summed E-state index contributed by atoms with van der Waals surface area (Å²) >= 11 is 1.82. The van der Waals surface area contributed by atoms with Gasteiger partial charge in [-0.05, 0) is 17.5 Å². The molecular weight excluding hydrogens is 154 g/mol. The monoisotopic (exact) mass is 165 g/mol. The molecule has 58 valence electrons. The van der Waals surface area contributed by atoms with Crippen molar-refractivity contribution < 1.29 is 0 Å². The summed E-state index contributed by atoms with van der Waals surface area (Å²) in [4.78, 5) is 0. The second-order valence-corrected chi connectivity index (χ2v) is 3.67. The van der Waals surface area contributed by atoms with Crippen LogP contribution in [0.3, 0.4) is 0 Å². The summed E-state index contributed by atoms with van der Waals surface area (Å²) in [6.45, 7) is 1.01. The quantitative estimate of drug-likeness (QED) is 0.590. The van der Waals surface area contributed by atoms with Gasteiger partial charge in [-0.2, -0.15) is 0 Å². The summed E-state index contributed by atoms with van der Waals surface area (Å²) < 4.78 is 3.32. The standard InChI is InChI=1S/C9H11NS/c1-2-4-9-7-10-11-6-5-8(9)3-1/h1-4,10H,5-7H2. The van der Waals surface area contributed by atoms with Gasteiger partial charge >= 0.3 is 0 Å². The predicted octanol–water partition coefficient (Wildman–Crippen LogP) is 1.98. The number of hydrogen-bond acceptors (Lipinski definition) is 2. The molecule has 0 saturated heterocycles. The number of hydrogen-bond donors (Lipinski definition) is 1. The van der Waals surface area contributed by atoms with Crippen molar-refractivity contribution in [1.29, 1.82) is 0 Å². The molecule has 1 aliphatic rings. The Morgan fingerprint density at radius 2 is 2.00 bits per heavy atom. The first-order valence-corrected chi connectivity index (χ1v) is 4.87. The zero-order chi connectivity index (χ0) is 7.52. The van der Waals surface area contributed by atoms with Crippen LogP contribution in [-0.2, 0) is 13.0 Å². The first kappa shape index (κ1) is 7.19. The lowest BCUT2D eigenvalue weighted by Gasteiger charge is -2.01. The van der Waals surface area contributed by atoms with E-state index in [2.05, 4.69) is 29.0 Å². The van der Waals surface area contributed by atoms with Crippen LogP contribution in [-0.4, -0.2) is 5.75 Å². The van der Waals surface area contributed by atoms with Gasteiger partial charge in [0.15, 0.2) is 0 Å². The van der Waals surface area contributed by atoms with Gasteiger partial charge < -0.3 is 0 Å². The zero-order valence-electron chi connectivity index (χ0n) is 6.34. The first-order valence-electron chi connectivity index (χ1n) is 3.88. The van der Waals surface area contributed by atoms with Crippen molar-refractivity contribution in [3.63, 3.8) is 0 Å². The van der Waals surface area contributed by atoms with E-state index in [1.54, 1.807) is 0 Å². The predicted molar refractivity (Wildman–Crippen MR) is 49.4 cm³/mol. The summed E-state index contributed by atoms with van der Waals surface area (Å²) in [7, 11) is 0. The van der Waals surface area contributed by atoms with Gasteiger partial charge in [-0.1, -0.05) is 36.2 Å². The van der Waals surface area contributed by atoms with E-state index in [9.17, 15) is 0 Å². The molecule has 0 fully saturated rings.